The van der Waals surface area contributed by atoms with Crippen molar-refractivity contribution in [1.82, 2.24) is 0 Å². The van der Waals surface area contributed by atoms with E-state index in [-0.39, 0.29) is 0 Å². The van der Waals surface area contributed by atoms with Crippen LogP contribution in [0, 0.1) is 5.92 Å². The summed E-state index contributed by atoms with van der Waals surface area (Å²) < 4.78 is 5.45. The van der Waals surface area contributed by atoms with Gasteiger partial charge >= 0.3 is 0 Å². The molecule has 94 valence electrons. The van der Waals surface area contributed by atoms with Crippen molar-refractivity contribution in [2.24, 2.45) is 11.7 Å². The van der Waals surface area contributed by atoms with Gasteiger partial charge in [-0.05, 0) is 48.3 Å². The van der Waals surface area contributed by atoms with Crippen LogP contribution >= 0.6 is 0 Å². The van der Waals surface area contributed by atoms with Gasteiger partial charge in [0.1, 0.15) is 5.75 Å². The quantitative estimate of drug-likeness (QED) is 0.867. The lowest BCUT2D eigenvalue weighted by molar-refractivity contribution is 0.261. The molecule has 0 spiro atoms. The molecule has 1 fully saturated rings. The summed E-state index contributed by atoms with van der Waals surface area (Å²) >= 11 is 0. The fourth-order valence-corrected chi connectivity index (χ4v) is 2.58. The molecule has 0 aromatic heterocycles. The first-order valence-electron chi connectivity index (χ1n) is 6.52. The molecular formula is C15H23NO. The van der Waals surface area contributed by atoms with Crippen LogP contribution in [0.5, 0.6) is 5.75 Å². The van der Waals surface area contributed by atoms with Crippen LogP contribution in [0.1, 0.15) is 43.7 Å². The van der Waals surface area contributed by atoms with E-state index < -0.39 is 0 Å². The highest BCUT2D eigenvalue weighted by molar-refractivity contribution is 5.38. The van der Waals surface area contributed by atoms with Crippen LogP contribution in [0.4, 0.5) is 0 Å². The van der Waals surface area contributed by atoms with E-state index in [1.165, 1.54) is 11.1 Å². The highest BCUT2D eigenvalue weighted by atomic mass is 16.5. The Kier molecular flexibility index (Phi) is 3.72. The molecule has 2 N–H and O–H groups in total. The van der Waals surface area contributed by atoms with Gasteiger partial charge in [-0.2, -0.15) is 0 Å². The van der Waals surface area contributed by atoms with E-state index >= 15 is 0 Å². The van der Waals surface area contributed by atoms with Crippen molar-refractivity contribution in [3.8, 4) is 5.75 Å². The fourth-order valence-electron chi connectivity index (χ4n) is 2.58. The Labute approximate surface area is 104 Å². The fraction of sp³-hybridized carbons (Fsp3) is 0.600. The Morgan fingerprint density at radius 1 is 1.35 bits per heavy atom. The Hall–Kier alpha value is -1.02. The molecule has 0 amide bonds. The summed E-state index contributed by atoms with van der Waals surface area (Å²) in [4.78, 5) is 0. The average Bonchev–Trinajstić information content (AvgIpc) is 2.26. The zero-order valence-corrected chi connectivity index (χ0v) is 11.1. The molecule has 1 aliphatic carbocycles. The molecule has 0 atom stereocenters. The van der Waals surface area contributed by atoms with Gasteiger partial charge in [0.05, 0.1) is 7.11 Å². The SMILES string of the molecule is COc1ccc(C(C)C)cc1CC1CC(N)C1. The summed E-state index contributed by atoms with van der Waals surface area (Å²) in [6.45, 7) is 4.45. The lowest BCUT2D eigenvalue weighted by atomic mass is 9.77. The molecule has 1 aliphatic rings. The molecule has 0 aliphatic heterocycles. The van der Waals surface area contributed by atoms with Crippen molar-refractivity contribution in [1.29, 1.82) is 0 Å². The number of nitrogens with two attached hydrogens (primary N) is 1. The van der Waals surface area contributed by atoms with Crippen LogP contribution < -0.4 is 10.5 Å². The van der Waals surface area contributed by atoms with Gasteiger partial charge in [-0.15, -0.1) is 0 Å². The largest absolute Gasteiger partial charge is 0.496 e. The first-order chi connectivity index (χ1) is 8.10. The molecule has 1 aromatic rings. The van der Waals surface area contributed by atoms with Gasteiger partial charge in [-0.25, -0.2) is 0 Å². The first kappa shape index (κ1) is 12.4. The molecule has 2 nitrogen and oxygen atoms in total. The van der Waals surface area contributed by atoms with Crippen molar-refractivity contribution in [3.63, 3.8) is 0 Å². The number of hydrogen-bond acceptors (Lipinski definition) is 2. The van der Waals surface area contributed by atoms with Crippen LogP contribution in [0.25, 0.3) is 0 Å². The molecule has 0 saturated heterocycles. The van der Waals surface area contributed by atoms with E-state index in [2.05, 4.69) is 32.0 Å². The van der Waals surface area contributed by atoms with Crippen molar-refractivity contribution >= 4 is 0 Å². The predicted octanol–water partition coefficient (Wildman–Crippen LogP) is 3.10. The third-order valence-electron chi connectivity index (χ3n) is 3.75. The Morgan fingerprint density at radius 3 is 2.59 bits per heavy atom. The summed E-state index contributed by atoms with van der Waals surface area (Å²) in [5, 5.41) is 0. The first-order valence-corrected chi connectivity index (χ1v) is 6.52. The lowest BCUT2D eigenvalue weighted by Crippen LogP contribution is -2.37. The molecule has 1 saturated carbocycles. The molecular weight excluding hydrogens is 210 g/mol. The summed E-state index contributed by atoms with van der Waals surface area (Å²) in [6, 6.07) is 7.00. The summed E-state index contributed by atoms with van der Waals surface area (Å²) in [6.07, 6.45) is 3.43. The van der Waals surface area contributed by atoms with Gasteiger partial charge in [0, 0.05) is 6.04 Å². The Balaban J connectivity index is 2.14. The Bertz CT molecular complexity index is 381. The second-order valence-corrected chi connectivity index (χ2v) is 5.53. The van der Waals surface area contributed by atoms with Gasteiger partial charge < -0.3 is 10.5 Å². The van der Waals surface area contributed by atoms with Crippen LogP contribution in [0.15, 0.2) is 18.2 Å². The van der Waals surface area contributed by atoms with Crippen LogP contribution in [-0.4, -0.2) is 13.2 Å². The maximum Gasteiger partial charge on any atom is 0.122 e. The molecule has 0 radical (unpaired) electrons. The van der Waals surface area contributed by atoms with Crippen molar-refractivity contribution in [2.75, 3.05) is 7.11 Å². The minimum atomic E-state index is 0.430. The number of benzene rings is 1. The molecule has 0 unspecified atom stereocenters. The number of methoxy groups -OCH3 is 1. The smallest absolute Gasteiger partial charge is 0.122 e. The standard InChI is InChI=1S/C15H23NO/c1-10(2)12-4-5-15(17-3)13(9-12)6-11-7-14(16)8-11/h4-5,9-11,14H,6-8,16H2,1-3H3. The van der Waals surface area contributed by atoms with Crippen LogP contribution in [-0.2, 0) is 6.42 Å². The summed E-state index contributed by atoms with van der Waals surface area (Å²) in [5.41, 5.74) is 8.58. The van der Waals surface area contributed by atoms with Crippen molar-refractivity contribution in [2.45, 2.75) is 45.1 Å². The summed E-state index contributed by atoms with van der Waals surface area (Å²) in [7, 11) is 1.75. The van der Waals surface area contributed by atoms with Gasteiger partial charge in [-0.3, -0.25) is 0 Å². The third-order valence-corrected chi connectivity index (χ3v) is 3.75. The zero-order chi connectivity index (χ0) is 12.4. The second-order valence-electron chi connectivity index (χ2n) is 5.53. The summed E-state index contributed by atoms with van der Waals surface area (Å²) in [5.74, 6) is 2.35. The number of ether oxygens (including phenoxy) is 1. The number of rotatable bonds is 4. The number of hydrogen-bond donors (Lipinski definition) is 1. The Morgan fingerprint density at radius 2 is 2.06 bits per heavy atom. The van der Waals surface area contributed by atoms with Gasteiger partial charge in [0.25, 0.3) is 0 Å². The molecule has 0 bridgehead atoms. The maximum atomic E-state index is 5.84. The third kappa shape index (κ3) is 2.81. The van der Waals surface area contributed by atoms with Gasteiger partial charge in [0.15, 0.2) is 0 Å². The van der Waals surface area contributed by atoms with Crippen LogP contribution in [0.3, 0.4) is 0 Å². The predicted molar refractivity (Wildman–Crippen MR) is 71.5 cm³/mol. The van der Waals surface area contributed by atoms with E-state index in [9.17, 15) is 0 Å². The van der Waals surface area contributed by atoms with Gasteiger partial charge in [0.2, 0.25) is 0 Å². The topological polar surface area (TPSA) is 35.2 Å². The van der Waals surface area contributed by atoms with Crippen molar-refractivity contribution in [3.05, 3.63) is 29.3 Å². The normalized spacial score (nSPS) is 23.6. The minimum Gasteiger partial charge on any atom is -0.496 e. The maximum absolute atomic E-state index is 5.84. The minimum absolute atomic E-state index is 0.430. The highest BCUT2D eigenvalue weighted by Crippen LogP contribution is 2.33. The van der Waals surface area contributed by atoms with Gasteiger partial charge in [-0.1, -0.05) is 26.0 Å². The molecule has 2 rings (SSSR count). The van der Waals surface area contributed by atoms with E-state index in [1.54, 1.807) is 7.11 Å². The second kappa shape index (κ2) is 5.09. The lowest BCUT2D eigenvalue weighted by Gasteiger charge is -2.33. The monoisotopic (exact) mass is 233 g/mol. The molecule has 1 aromatic carbocycles. The molecule has 0 heterocycles. The highest BCUT2D eigenvalue weighted by Gasteiger charge is 2.26. The van der Waals surface area contributed by atoms with Crippen molar-refractivity contribution < 1.29 is 4.74 Å². The van der Waals surface area contributed by atoms with E-state index in [4.69, 9.17) is 10.5 Å². The molecule has 17 heavy (non-hydrogen) atoms. The van der Waals surface area contributed by atoms with E-state index in [0.29, 0.717) is 12.0 Å². The zero-order valence-electron chi connectivity index (χ0n) is 11.1. The average molecular weight is 233 g/mol. The van der Waals surface area contributed by atoms with E-state index in [1.807, 2.05) is 0 Å². The molecule has 2 heteroatoms. The van der Waals surface area contributed by atoms with Crippen LogP contribution in [0.2, 0.25) is 0 Å². The van der Waals surface area contributed by atoms with E-state index in [0.717, 1.165) is 30.9 Å².